The Labute approximate surface area is 120 Å². The van der Waals surface area contributed by atoms with Crippen LogP contribution in [0.4, 0.5) is 11.6 Å². The quantitative estimate of drug-likeness (QED) is 0.913. The van der Waals surface area contributed by atoms with Crippen molar-refractivity contribution < 1.29 is 9.47 Å². The molecule has 1 aromatic rings. The van der Waals surface area contributed by atoms with E-state index in [-0.39, 0.29) is 11.2 Å². The first-order valence-electron chi connectivity index (χ1n) is 6.80. The summed E-state index contributed by atoms with van der Waals surface area (Å²) in [4.78, 5) is 10.8. The van der Waals surface area contributed by atoms with Gasteiger partial charge in [-0.1, -0.05) is 0 Å². The summed E-state index contributed by atoms with van der Waals surface area (Å²) in [6.07, 6.45) is 1.55. The number of ether oxygens (including phenoxy) is 2. The van der Waals surface area contributed by atoms with Crippen LogP contribution in [0.5, 0.6) is 5.75 Å². The molecule has 2 rings (SSSR count). The Morgan fingerprint density at radius 3 is 2.30 bits per heavy atom. The molecular formula is C14H24N4O2. The van der Waals surface area contributed by atoms with Gasteiger partial charge in [0, 0.05) is 20.1 Å². The highest BCUT2D eigenvalue weighted by Gasteiger charge is 2.39. The SMILES string of the molecule is CNc1ncnc(N2CC(C)(C)OC(C)(C)C2)c1OC. The van der Waals surface area contributed by atoms with Crippen molar-refractivity contribution in [3.8, 4) is 5.75 Å². The summed E-state index contributed by atoms with van der Waals surface area (Å²) in [6, 6.07) is 0. The van der Waals surface area contributed by atoms with Gasteiger partial charge in [-0.3, -0.25) is 0 Å². The lowest BCUT2D eigenvalue weighted by molar-refractivity contribution is -0.133. The zero-order chi connectivity index (χ0) is 15.0. The van der Waals surface area contributed by atoms with Crippen molar-refractivity contribution in [1.82, 2.24) is 9.97 Å². The minimum Gasteiger partial charge on any atom is -0.490 e. The van der Waals surface area contributed by atoms with Gasteiger partial charge in [0.25, 0.3) is 0 Å². The van der Waals surface area contributed by atoms with E-state index in [9.17, 15) is 0 Å². The number of rotatable bonds is 3. The van der Waals surface area contributed by atoms with E-state index < -0.39 is 0 Å². The van der Waals surface area contributed by atoms with Gasteiger partial charge in [0.1, 0.15) is 6.33 Å². The Hall–Kier alpha value is -1.56. The van der Waals surface area contributed by atoms with Crippen LogP contribution in [-0.4, -0.2) is 48.4 Å². The van der Waals surface area contributed by atoms with E-state index in [2.05, 4.69) is 47.9 Å². The first-order chi connectivity index (χ1) is 9.28. The van der Waals surface area contributed by atoms with Crippen LogP contribution in [0.25, 0.3) is 0 Å². The van der Waals surface area contributed by atoms with E-state index in [4.69, 9.17) is 9.47 Å². The van der Waals surface area contributed by atoms with Gasteiger partial charge < -0.3 is 19.7 Å². The largest absolute Gasteiger partial charge is 0.490 e. The summed E-state index contributed by atoms with van der Waals surface area (Å²) in [5.41, 5.74) is -0.477. The van der Waals surface area contributed by atoms with Crippen LogP contribution in [0.15, 0.2) is 6.33 Å². The third-order valence-corrected chi connectivity index (χ3v) is 3.22. The third-order valence-electron chi connectivity index (χ3n) is 3.22. The molecule has 1 aliphatic rings. The highest BCUT2D eigenvalue weighted by Crippen LogP contribution is 2.37. The molecule has 20 heavy (non-hydrogen) atoms. The fraction of sp³-hybridized carbons (Fsp3) is 0.714. The van der Waals surface area contributed by atoms with Gasteiger partial charge in [-0.05, 0) is 27.7 Å². The maximum Gasteiger partial charge on any atom is 0.204 e. The lowest BCUT2D eigenvalue weighted by Gasteiger charge is -2.47. The van der Waals surface area contributed by atoms with Crippen molar-refractivity contribution in [3.05, 3.63) is 6.33 Å². The minimum atomic E-state index is -0.239. The molecule has 0 aromatic carbocycles. The van der Waals surface area contributed by atoms with Gasteiger partial charge >= 0.3 is 0 Å². The van der Waals surface area contributed by atoms with Crippen LogP contribution in [0.3, 0.4) is 0 Å². The van der Waals surface area contributed by atoms with Crippen LogP contribution >= 0.6 is 0 Å². The fourth-order valence-electron chi connectivity index (χ4n) is 2.89. The first kappa shape index (κ1) is 14.8. The number of morpholine rings is 1. The number of methoxy groups -OCH3 is 1. The molecule has 0 unspecified atom stereocenters. The fourth-order valence-corrected chi connectivity index (χ4v) is 2.89. The standard InChI is InChI=1S/C14H24N4O2/c1-13(2)7-18(8-14(3,4)20-13)12-10(19-6)11(15-5)16-9-17-12/h9H,7-8H2,1-6H3,(H,15,16,17). The Morgan fingerprint density at radius 2 is 1.80 bits per heavy atom. The van der Waals surface area contributed by atoms with Gasteiger partial charge in [0.05, 0.1) is 18.3 Å². The Balaban J connectivity index is 2.40. The lowest BCUT2D eigenvalue weighted by Crippen LogP contribution is -2.57. The number of aromatic nitrogens is 2. The molecule has 0 aliphatic carbocycles. The summed E-state index contributed by atoms with van der Waals surface area (Å²) in [5.74, 6) is 2.17. The zero-order valence-electron chi connectivity index (χ0n) is 13.1. The highest BCUT2D eigenvalue weighted by atomic mass is 16.5. The maximum absolute atomic E-state index is 6.10. The number of nitrogens with one attached hydrogen (secondary N) is 1. The Morgan fingerprint density at radius 1 is 1.20 bits per heavy atom. The van der Waals surface area contributed by atoms with Crippen molar-refractivity contribution in [3.63, 3.8) is 0 Å². The van der Waals surface area contributed by atoms with Crippen LogP contribution in [0, 0.1) is 0 Å². The molecule has 1 saturated heterocycles. The summed E-state index contributed by atoms with van der Waals surface area (Å²) in [5, 5.41) is 3.03. The molecule has 0 radical (unpaired) electrons. The molecule has 6 nitrogen and oxygen atoms in total. The van der Waals surface area contributed by atoms with Crippen LogP contribution in [-0.2, 0) is 4.74 Å². The van der Waals surface area contributed by atoms with Gasteiger partial charge in [0.15, 0.2) is 11.6 Å². The highest BCUT2D eigenvalue weighted by molar-refractivity contribution is 5.65. The third kappa shape index (κ3) is 2.95. The molecule has 0 amide bonds. The average molecular weight is 280 g/mol. The van der Waals surface area contributed by atoms with E-state index in [0.717, 1.165) is 18.9 Å². The average Bonchev–Trinajstić information content (AvgIpc) is 2.33. The second kappa shape index (κ2) is 5.09. The molecule has 112 valence electrons. The summed E-state index contributed by atoms with van der Waals surface area (Å²) in [6.45, 7) is 9.88. The minimum absolute atomic E-state index is 0.239. The molecule has 0 spiro atoms. The Kier molecular flexibility index (Phi) is 3.77. The summed E-state index contributed by atoms with van der Waals surface area (Å²) >= 11 is 0. The van der Waals surface area contributed by atoms with Crippen molar-refractivity contribution in [2.75, 3.05) is 37.5 Å². The van der Waals surface area contributed by atoms with Crippen LogP contribution < -0.4 is 15.0 Å². The Bertz CT molecular complexity index is 472. The lowest BCUT2D eigenvalue weighted by atomic mass is 9.99. The van der Waals surface area contributed by atoms with Crippen molar-refractivity contribution >= 4 is 11.6 Å². The number of nitrogens with zero attached hydrogens (tertiary/aromatic N) is 3. The summed E-state index contributed by atoms with van der Waals surface area (Å²) < 4.78 is 11.6. The van der Waals surface area contributed by atoms with Crippen molar-refractivity contribution in [1.29, 1.82) is 0 Å². The van der Waals surface area contributed by atoms with E-state index in [1.54, 1.807) is 13.4 Å². The molecule has 0 atom stereocenters. The molecular weight excluding hydrogens is 256 g/mol. The molecule has 6 heteroatoms. The van der Waals surface area contributed by atoms with Crippen molar-refractivity contribution in [2.24, 2.45) is 0 Å². The van der Waals surface area contributed by atoms with Gasteiger partial charge in [0.2, 0.25) is 5.75 Å². The van der Waals surface area contributed by atoms with E-state index in [1.165, 1.54) is 0 Å². The number of hydrogen-bond donors (Lipinski definition) is 1. The van der Waals surface area contributed by atoms with E-state index >= 15 is 0 Å². The topological polar surface area (TPSA) is 59.5 Å². The normalized spacial score (nSPS) is 20.6. The molecule has 1 N–H and O–H groups in total. The molecule has 1 aliphatic heterocycles. The van der Waals surface area contributed by atoms with Crippen LogP contribution in [0.1, 0.15) is 27.7 Å². The molecule has 0 saturated carbocycles. The first-order valence-corrected chi connectivity index (χ1v) is 6.80. The maximum atomic E-state index is 6.10. The molecule has 0 bridgehead atoms. The smallest absolute Gasteiger partial charge is 0.204 e. The number of hydrogen-bond acceptors (Lipinski definition) is 6. The molecule has 1 aromatic heterocycles. The summed E-state index contributed by atoms with van der Waals surface area (Å²) in [7, 11) is 3.46. The second-order valence-electron chi connectivity index (χ2n) is 6.31. The number of anilines is 2. The monoisotopic (exact) mass is 280 g/mol. The molecule has 2 heterocycles. The van der Waals surface area contributed by atoms with E-state index in [1.807, 2.05) is 7.05 Å². The van der Waals surface area contributed by atoms with E-state index in [0.29, 0.717) is 11.6 Å². The second-order valence-corrected chi connectivity index (χ2v) is 6.31. The van der Waals surface area contributed by atoms with Crippen molar-refractivity contribution in [2.45, 2.75) is 38.9 Å². The van der Waals surface area contributed by atoms with Gasteiger partial charge in [-0.2, -0.15) is 0 Å². The van der Waals surface area contributed by atoms with Gasteiger partial charge in [-0.15, -0.1) is 0 Å². The molecule has 1 fully saturated rings. The predicted molar refractivity (Wildman–Crippen MR) is 79.6 cm³/mol. The zero-order valence-corrected chi connectivity index (χ0v) is 13.1. The predicted octanol–water partition coefficient (Wildman–Crippen LogP) is 1.92. The van der Waals surface area contributed by atoms with Gasteiger partial charge in [-0.25, -0.2) is 9.97 Å². The van der Waals surface area contributed by atoms with Crippen LogP contribution in [0.2, 0.25) is 0 Å².